The predicted molar refractivity (Wildman–Crippen MR) is 84.7 cm³/mol. The quantitative estimate of drug-likeness (QED) is 0.820. The molecule has 20 heavy (non-hydrogen) atoms. The van der Waals surface area contributed by atoms with Gasteiger partial charge >= 0.3 is 0 Å². The second-order valence-electron chi connectivity index (χ2n) is 5.82. The van der Waals surface area contributed by atoms with Crippen LogP contribution in [0.2, 0.25) is 0 Å². The Labute approximate surface area is 129 Å². The van der Waals surface area contributed by atoms with Crippen molar-refractivity contribution in [3.05, 3.63) is 28.0 Å². The molecule has 1 aromatic carbocycles. The van der Waals surface area contributed by atoms with E-state index in [-0.39, 0.29) is 11.2 Å². The third-order valence-corrected chi connectivity index (χ3v) is 5.32. The van der Waals surface area contributed by atoms with Crippen molar-refractivity contribution in [2.24, 2.45) is 5.41 Å². The highest BCUT2D eigenvalue weighted by Gasteiger charge is 2.51. The molecule has 4 heteroatoms. The van der Waals surface area contributed by atoms with Crippen molar-refractivity contribution in [1.82, 2.24) is 0 Å². The zero-order chi connectivity index (χ0) is 14.9. The molecule has 1 aromatic rings. The Morgan fingerprint density at radius 1 is 1.45 bits per heavy atom. The third kappa shape index (κ3) is 2.73. The van der Waals surface area contributed by atoms with Crippen molar-refractivity contribution >= 4 is 21.6 Å². The van der Waals surface area contributed by atoms with Gasteiger partial charge < -0.3 is 10.1 Å². The molecule has 1 saturated carbocycles. The van der Waals surface area contributed by atoms with Crippen molar-refractivity contribution in [1.29, 1.82) is 0 Å². The number of hydrogen-bond acceptors (Lipinski definition) is 2. The molecule has 0 aliphatic heterocycles. The highest BCUT2D eigenvalue weighted by Crippen LogP contribution is 2.47. The van der Waals surface area contributed by atoms with Crippen LogP contribution in [-0.4, -0.2) is 18.8 Å². The lowest BCUT2D eigenvalue weighted by atomic mass is 9.61. The molecule has 1 fully saturated rings. The largest absolute Gasteiger partial charge is 0.381 e. The first-order valence-electron chi connectivity index (χ1n) is 7.26. The fraction of sp³-hybridized carbons (Fsp3) is 0.625. The van der Waals surface area contributed by atoms with E-state index in [0.717, 1.165) is 30.7 Å². The molecule has 1 N–H and O–H groups in total. The van der Waals surface area contributed by atoms with Crippen LogP contribution in [-0.2, 0) is 4.74 Å². The number of ether oxygens (including phenoxy) is 1. The predicted octanol–water partition coefficient (Wildman–Crippen LogP) is 4.90. The Hall–Kier alpha value is -0.610. The number of nitrogens with one attached hydrogen (secondary N) is 1. The maximum absolute atomic E-state index is 13.7. The van der Waals surface area contributed by atoms with E-state index in [9.17, 15) is 4.39 Å². The Bertz CT molecular complexity index is 494. The van der Waals surface area contributed by atoms with Crippen molar-refractivity contribution in [2.45, 2.75) is 52.7 Å². The Morgan fingerprint density at radius 3 is 2.75 bits per heavy atom. The van der Waals surface area contributed by atoms with Crippen LogP contribution in [0.1, 0.15) is 39.2 Å². The number of rotatable bonds is 5. The number of benzene rings is 1. The second kappa shape index (κ2) is 6.02. The highest BCUT2D eigenvalue weighted by molar-refractivity contribution is 9.10. The summed E-state index contributed by atoms with van der Waals surface area (Å²) in [4.78, 5) is 0. The summed E-state index contributed by atoms with van der Waals surface area (Å²) in [6, 6.07) is 3.73. The summed E-state index contributed by atoms with van der Waals surface area (Å²) in [7, 11) is 0. The summed E-state index contributed by atoms with van der Waals surface area (Å²) in [5.41, 5.74) is 2.05. The van der Waals surface area contributed by atoms with Crippen LogP contribution in [0.4, 0.5) is 10.1 Å². The average molecular weight is 344 g/mol. The van der Waals surface area contributed by atoms with E-state index in [1.54, 1.807) is 6.07 Å². The van der Waals surface area contributed by atoms with Gasteiger partial charge in [0.05, 0.1) is 10.6 Å². The van der Waals surface area contributed by atoms with Gasteiger partial charge in [0.25, 0.3) is 0 Å². The molecular formula is C16H23BrFNO. The van der Waals surface area contributed by atoms with Crippen molar-refractivity contribution in [3.8, 4) is 0 Å². The zero-order valence-corrected chi connectivity index (χ0v) is 14.2. The lowest BCUT2D eigenvalue weighted by Crippen LogP contribution is -2.59. The van der Waals surface area contributed by atoms with Crippen LogP contribution >= 0.6 is 15.9 Å². The monoisotopic (exact) mass is 343 g/mol. The molecule has 1 aliphatic carbocycles. The molecule has 0 heterocycles. The van der Waals surface area contributed by atoms with Gasteiger partial charge in [-0.15, -0.1) is 0 Å². The lowest BCUT2D eigenvalue weighted by Gasteiger charge is -2.54. The molecule has 112 valence electrons. The molecule has 0 radical (unpaired) electrons. The molecule has 0 bridgehead atoms. The smallest absolute Gasteiger partial charge is 0.139 e. The molecule has 2 rings (SSSR count). The molecule has 0 amide bonds. The highest BCUT2D eigenvalue weighted by atomic mass is 79.9. The van der Waals surface area contributed by atoms with Crippen molar-refractivity contribution in [2.75, 3.05) is 11.9 Å². The van der Waals surface area contributed by atoms with Crippen LogP contribution in [0.3, 0.4) is 0 Å². The average Bonchev–Trinajstić information content (AvgIpc) is 2.42. The minimum Gasteiger partial charge on any atom is -0.381 e. The van der Waals surface area contributed by atoms with Crippen molar-refractivity contribution < 1.29 is 9.13 Å². The van der Waals surface area contributed by atoms with Crippen LogP contribution in [0.25, 0.3) is 0 Å². The molecule has 0 aromatic heterocycles. The van der Waals surface area contributed by atoms with E-state index < -0.39 is 0 Å². The van der Waals surface area contributed by atoms with Gasteiger partial charge in [-0.1, -0.05) is 13.8 Å². The normalized spacial score (nSPS) is 29.1. The third-order valence-electron chi connectivity index (χ3n) is 4.71. The SMILES string of the molecule is CCOC1CC(Nc2cc(F)c(Br)cc2C)C1(C)CC. The van der Waals surface area contributed by atoms with Gasteiger partial charge in [0.15, 0.2) is 0 Å². The second-order valence-corrected chi connectivity index (χ2v) is 6.67. The van der Waals surface area contributed by atoms with Crippen molar-refractivity contribution in [3.63, 3.8) is 0 Å². The Kier molecular flexibility index (Phi) is 4.75. The summed E-state index contributed by atoms with van der Waals surface area (Å²) < 4.78 is 20.0. The van der Waals surface area contributed by atoms with E-state index in [0.29, 0.717) is 16.6 Å². The summed E-state index contributed by atoms with van der Waals surface area (Å²) in [6.45, 7) is 9.21. The van der Waals surface area contributed by atoms with Gasteiger partial charge in [0, 0.05) is 23.8 Å². The van der Waals surface area contributed by atoms with Gasteiger partial charge in [-0.25, -0.2) is 4.39 Å². The van der Waals surface area contributed by atoms with Crippen LogP contribution < -0.4 is 5.32 Å². The molecule has 0 saturated heterocycles. The van der Waals surface area contributed by atoms with E-state index in [2.05, 4.69) is 35.1 Å². The number of hydrogen-bond donors (Lipinski definition) is 1. The summed E-state index contributed by atoms with van der Waals surface area (Å²) in [6.07, 6.45) is 2.33. The van der Waals surface area contributed by atoms with Gasteiger partial charge in [-0.05, 0) is 60.3 Å². The maximum Gasteiger partial charge on any atom is 0.139 e. The van der Waals surface area contributed by atoms with Crippen LogP contribution in [0.15, 0.2) is 16.6 Å². The van der Waals surface area contributed by atoms with Crippen LogP contribution in [0.5, 0.6) is 0 Å². The molecule has 3 atom stereocenters. The number of aryl methyl sites for hydroxylation is 1. The summed E-state index contributed by atoms with van der Waals surface area (Å²) >= 11 is 3.22. The van der Waals surface area contributed by atoms with Gasteiger partial charge in [0.2, 0.25) is 0 Å². The lowest BCUT2D eigenvalue weighted by molar-refractivity contribution is -0.109. The van der Waals surface area contributed by atoms with Crippen LogP contribution in [0, 0.1) is 18.2 Å². The molecular weight excluding hydrogens is 321 g/mol. The summed E-state index contributed by atoms with van der Waals surface area (Å²) in [5, 5.41) is 3.50. The van der Waals surface area contributed by atoms with E-state index in [4.69, 9.17) is 4.74 Å². The van der Waals surface area contributed by atoms with E-state index in [1.165, 1.54) is 0 Å². The van der Waals surface area contributed by atoms with Gasteiger partial charge in [-0.2, -0.15) is 0 Å². The fourth-order valence-corrected chi connectivity index (χ4v) is 3.42. The molecule has 2 nitrogen and oxygen atoms in total. The standard InChI is InChI=1S/C16H23BrFNO/c1-5-16(4)14(9-15(16)20-6-2)19-13-8-12(18)11(17)7-10(13)3/h7-8,14-15,19H,5-6,9H2,1-4H3. The maximum atomic E-state index is 13.7. The first kappa shape index (κ1) is 15.8. The van der Waals surface area contributed by atoms with E-state index in [1.807, 2.05) is 19.9 Å². The van der Waals surface area contributed by atoms with Gasteiger partial charge in [0.1, 0.15) is 5.82 Å². The number of anilines is 1. The Balaban J connectivity index is 2.13. The molecule has 0 spiro atoms. The molecule has 3 unspecified atom stereocenters. The Morgan fingerprint density at radius 2 is 2.15 bits per heavy atom. The summed E-state index contributed by atoms with van der Waals surface area (Å²) in [5.74, 6) is -0.225. The topological polar surface area (TPSA) is 21.3 Å². The minimum atomic E-state index is -0.225. The van der Waals surface area contributed by atoms with E-state index >= 15 is 0 Å². The number of halogens is 2. The first-order valence-corrected chi connectivity index (χ1v) is 8.05. The molecule has 1 aliphatic rings. The van der Waals surface area contributed by atoms with Gasteiger partial charge in [-0.3, -0.25) is 0 Å². The first-order chi connectivity index (χ1) is 9.42. The fourth-order valence-electron chi connectivity index (χ4n) is 2.96. The minimum absolute atomic E-state index is 0.117. The zero-order valence-electron chi connectivity index (χ0n) is 12.6.